The lowest BCUT2D eigenvalue weighted by atomic mass is 10.0. The van der Waals surface area contributed by atoms with Gasteiger partial charge in [0.1, 0.15) is 5.76 Å². The number of piperazine rings is 1. The molecule has 0 unspecified atom stereocenters. The Morgan fingerprint density at radius 3 is 2.62 bits per heavy atom. The Labute approximate surface area is 155 Å². The Bertz CT molecular complexity index is 920. The van der Waals surface area contributed by atoms with Crippen LogP contribution in [0.25, 0.3) is 11.0 Å². The predicted molar refractivity (Wildman–Crippen MR) is 95.2 cm³/mol. The highest BCUT2D eigenvalue weighted by molar-refractivity contribution is 6.33. The monoisotopic (exact) mass is 378 g/mol. The second-order valence-electron chi connectivity index (χ2n) is 6.52. The molecule has 138 valence electrons. The summed E-state index contributed by atoms with van der Waals surface area (Å²) in [5.74, 6) is -2.73. The maximum Gasteiger partial charge on any atom is 0.422 e. The largest absolute Gasteiger partial charge is 0.459 e. The topological polar surface area (TPSA) is 81.0 Å². The summed E-state index contributed by atoms with van der Waals surface area (Å²) in [5, 5.41) is 4.66. The van der Waals surface area contributed by atoms with E-state index in [0.29, 0.717) is 29.4 Å². The lowest BCUT2D eigenvalue weighted by Gasteiger charge is -2.41. The number of nitrogens with zero attached hydrogens (tertiary/aromatic N) is 1. The third kappa shape index (κ3) is 2.30. The fraction of sp³-hybridized carbons (Fsp3) is 0.444. The van der Waals surface area contributed by atoms with Crippen LogP contribution in [0.3, 0.4) is 0 Å². The minimum absolute atomic E-state index is 0.164. The number of anilines is 1. The maximum absolute atomic E-state index is 11.7. The van der Waals surface area contributed by atoms with Crippen LogP contribution in [0.15, 0.2) is 10.5 Å². The number of hydrogen-bond acceptors (Lipinski definition) is 7. The molecule has 0 radical (unpaired) electrons. The SMILES string of the molecule is CCc1c(Cl)cc(N2CCNCC23OC(=O)C(=O)O3)c2oc(C)c(C)c12. The zero-order valence-corrected chi connectivity index (χ0v) is 15.5. The number of halogens is 1. The summed E-state index contributed by atoms with van der Waals surface area (Å²) in [4.78, 5) is 25.2. The van der Waals surface area contributed by atoms with Gasteiger partial charge in [-0.05, 0) is 37.5 Å². The van der Waals surface area contributed by atoms with Crippen molar-refractivity contribution >= 4 is 40.2 Å². The van der Waals surface area contributed by atoms with Crippen LogP contribution in [0.5, 0.6) is 0 Å². The molecule has 4 rings (SSSR count). The molecule has 0 bridgehead atoms. The molecule has 2 aliphatic rings. The molecule has 7 nitrogen and oxygen atoms in total. The molecular formula is C18H19ClN2O5. The Kier molecular flexibility index (Phi) is 3.89. The molecule has 0 atom stereocenters. The van der Waals surface area contributed by atoms with E-state index in [2.05, 4.69) is 5.32 Å². The van der Waals surface area contributed by atoms with Gasteiger partial charge in [-0.1, -0.05) is 18.5 Å². The third-order valence-electron chi connectivity index (χ3n) is 5.06. The van der Waals surface area contributed by atoms with E-state index < -0.39 is 17.8 Å². The highest BCUT2D eigenvalue weighted by Gasteiger charge is 2.55. The summed E-state index contributed by atoms with van der Waals surface area (Å²) in [6.45, 7) is 7.17. The average Bonchev–Trinajstić information content (AvgIpc) is 3.05. The summed E-state index contributed by atoms with van der Waals surface area (Å²) in [5.41, 5.74) is 3.32. The second kappa shape index (κ2) is 5.89. The molecular weight excluding hydrogens is 360 g/mol. The normalized spacial score (nSPS) is 19.3. The molecule has 1 aromatic heterocycles. The first-order valence-electron chi connectivity index (χ1n) is 8.53. The van der Waals surface area contributed by atoms with E-state index in [0.717, 1.165) is 28.7 Å². The van der Waals surface area contributed by atoms with Gasteiger partial charge in [-0.3, -0.25) is 4.90 Å². The molecule has 3 heterocycles. The molecule has 2 fully saturated rings. The number of benzene rings is 1. The lowest BCUT2D eigenvalue weighted by Crippen LogP contribution is -2.62. The minimum Gasteiger partial charge on any atom is -0.459 e. The lowest BCUT2D eigenvalue weighted by molar-refractivity contribution is -0.180. The number of furan rings is 1. The van der Waals surface area contributed by atoms with Gasteiger partial charge in [0.15, 0.2) is 5.58 Å². The van der Waals surface area contributed by atoms with Crippen LogP contribution in [-0.4, -0.2) is 37.5 Å². The Balaban J connectivity index is 1.95. The van der Waals surface area contributed by atoms with Crippen molar-refractivity contribution < 1.29 is 23.5 Å². The first-order valence-corrected chi connectivity index (χ1v) is 8.91. The fourth-order valence-electron chi connectivity index (χ4n) is 3.69. The number of ether oxygens (including phenoxy) is 2. The van der Waals surface area contributed by atoms with Crippen LogP contribution in [0.1, 0.15) is 23.8 Å². The van der Waals surface area contributed by atoms with Crippen LogP contribution < -0.4 is 10.2 Å². The molecule has 2 aromatic rings. The number of hydrogen-bond donors (Lipinski definition) is 1. The van der Waals surface area contributed by atoms with Gasteiger partial charge in [0, 0.05) is 23.5 Å². The molecule has 1 aromatic carbocycles. The summed E-state index contributed by atoms with van der Waals surface area (Å²) >= 11 is 6.56. The van der Waals surface area contributed by atoms with Crippen LogP contribution in [0, 0.1) is 13.8 Å². The number of esters is 2. The van der Waals surface area contributed by atoms with E-state index in [1.807, 2.05) is 20.8 Å². The number of aryl methyl sites for hydroxylation is 3. The van der Waals surface area contributed by atoms with Gasteiger partial charge in [-0.15, -0.1) is 0 Å². The number of fused-ring (bicyclic) bond motifs is 1. The number of rotatable bonds is 2. The van der Waals surface area contributed by atoms with Crippen molar-refractivity contribution in [3.8, 4) is 0 Å². The van der Waals surface area contributed by atoms with Crippen LogP contribution >= 0.6 is 11.6 Å². The zero-order chi connectivity index (χ0) is 18.6. The zero-order valence-electron chi connectivity index (χ0n) is 14.8. The summed E-state index contributed by atoms with van der Waals surface area (Å²) in [6, 6.07) is 1.79. The van der Waals surface area contributed by atoms with E-state index in [4.69, 9.17) is 25.5 Å². The summed E-state index contributed by atoms with van der Waals surface area (Å²) in [6.07, 6.45) is 0.756. The average molecular weight is 379 g/mol. The number of carbonyl (C=O) groups excluding carboxylic acids is 2. The van der Waals surface area contributed by atoms with Crippen LogP contribution in [0.2, 0.25) is 5.02 Å². The fourth-order valence-corrected chi connectivity index (χ4v) is 4.02. The van der Waals surface area contributed by atoms with Crippen molar-refractivity contribution in [2.45, 2.75) is 33.1 Å². The molecule has 8 heteroatoms. The Hall–Kier alpha value is -2.25. The molecule has 0 aliphatic carbocycles. The molecule has 2 saturated heterocycles. The van der Waals surface area contributed by atoms with Crippen molar-refractivity contribution in [1.82, 2.24) is 5.32 Å². The highest BCUT2D eigenvalue weighted by Crippen LogP contribution is 2.43. The standard InChI is InChI=1S/C18H19ClN2O5/c1-4-11-12(19)7-13(15-14(11)9(2)10(3)24-15)21-6-5-20-8-18(21)25-16(22)17(23)26-18/h7,20H,4-6,8H2,1-3H3. The van der Waals surface area contributed by atoms with E-state index in [-0.39, 0.29) is 6.54 Å². The van der Waals surface area contributed by atoms with Gasteiger partial charge in [-0.25, -0.2) is 9.59 Å². The van der Waals surface area contributed by atoms with E-state index in [9.17, 15) is 9.59 Å². The smallest absolute Gasteiger partial charge is 0.422 e. The molecule has 0 amide bonds. The quantitative estimate of drug-likeness (QED) is 0.634. The van der Waals surface area contributed by atoms with Crippen molar-refractivity contribution in [2.24, 2.45) is 0 Å². The van der Waals surface area contributed by atoms with Gasteiger partial charge in [0.25, 0.3) is 0 Å². The van der Waals surface area contributed by atoms with Gasteiger partial charge < -0.3 is 19.2 Å². The second-order valence-corrected chi connectivity index (χ2v) is 6.92. The van der Waals surface area contributed by atoms with E-state index in [1.165, 1.54) is 0 Å². The van der Waals surface area contributed by atoms with Crippen molar-refractivity contribution in [1.29, 1.82) is 0 Å². The molecule has 1 spiro atoms. The van der Waals surface area contributed by atoms with Crippen LogP contribution in [0.4, 0.5) is 5.69 Å². The number of nitrogens with one attached hydrogen (secondary N) is 1. The summed E-state index contributed by atoms with van der Waals surface area (Å²) < 4.78 is 16.7. The highest BCUT2D eigenvalue weighted by atomic mass is 35.5. The van der Waals surface area contributed by atoms with Crippen LogP contribution in [-0.2, 0) is 25.5 Å². The predicted octanol–water partition coefficient (Wildman–Crippen LogP) is 2.43. The third-order valence-corrected chi connectivity index (χ3v) is 5.40. The molecule has 26 heavy (non-hydrogen) atoms. The Morgan fingerprint density at radius 2 is 1.96 bits per heavy atom. The first-order chi connectivity index (χ1) is 12.4. The van der Waals surface area contributed by atoms with Crippen molar-refractivity contribution in [3.05, 3.63) is 28.0 Å². The Morgan fingerprint density at radius 1 is 1.27 bits per heavy atom. The van der Waals surface area contributed by atoms with Crippen molar-refractivity contribution in [2.75, 3.05) is 24.5 Å². The van der Waals surface area contributed by atoms with Crippen molar-refractivity contribution in [3.63, 3.8) is 0 Å². The van der Waals surface area contributed by atoms with Gasteiger partial charge >= 0.3 is 17.8 Å². The van der Waals surface area contributed by atoms with E-state index in [1.54, 1.807) is 11.0 Å². The minimum atomic E-state index is -1.52. The van der Waals surface area contributed by atoms with Gasteiger partial charge in [0.2, 0.25) is 0 Å². The molecule has 1 N–H and O–H groups in total. The first kappa shape index (κ1) is 17.2. The van der Waals surface area contributed by atoms with E-state index >= 15 is 0 Å². The molecule has 2 aliphatic heterocycles. The van der Waals surface area contributed by atoms with Gasteiger partial charge in [-0.2, -0.15) is 0 Å². The number of carbonyl (C=O) groups is 2. The summed E-state index contributed by atoms with van der Waals surface area (Å²) in [7, 11) is 0. The molecule has 0 saturated carbocycles. The maximum atomic E-state index is 11.7. The van der Waals surface area contributed by atoms with Gasteiger partial charge in [0.05, 0.1) is 12.2 Å².